The summed E-state index contributed by atoms with van der Waals surface area (Å²) >= 11 is 0. The number of imide groups is 2. The third-order valence-electron chi connectivity index (χ3n) is 7.89. The molecule has 4 amide bonds. The highest BCUT2D eigenvalue weighted by Crippen LogP contribution is 2.36. The molecule has 9 nitrogen and oxygen atoms in total. The van der Waals surface area contributed by atoms with Crippen molar-refractivity contribution in [3.63, 3.8) is 0 Å². The first-order valence-corrected chi connectivity index (χ1v) is 13.1. The molecule has 3 aliphatic rings. The zero-order valence-corrected chi connectivity index (χ0v) is 21.1. The lowest BCUT2D eigenvalue weighted by molar-refractivity contribution is -0.136. The maximum absolute atomic E-state index is 13.4. The summed E-state index contributed by atoms with van der Waals surface area (Å²) in [5.41, 5.74) is 3.80. The largest absolute Gasteiger partial charge is 0.357 e. The fourth-order valence-corrected chi connectivity index (χ4v) is 5.79. The number of aldehydes is 1. The minimum Gasteiger partial charge on any atom is -0.357 e. The SMILES string of the molecule is O=Cc1ccc(N2CCC(c3ccc(-c4cccc5c4C(=O)N(C4CCC(=O)NC4=O)C5=O)cc3)CC2)nc1. The molecule has 3 aromatic rings. The summed E-state index contributed by atoms with van der Waals surface area (Å²) in [7, 11) is 0. The van der Waals surface area contributed by atoms with Crippen molar-refractivity contribution in [3.05, 3.63) is 83.0 Å². The summed E-state index contributed by atoms with van der Waals surface area (Å²) in [6.07, 6.45) is 4.52. The molecule has 3 aliphatic heterocycles. The van der Waals surface area contributed by atoms with Crippen molar-refractivity contribution in [2.24, 2.45) is 0 Å². The Bertz CT molecular complexity index is 1490. The van der Waals surface area contributed by atoms with E-state index in [1.165, 1.54) is 5.56 Å². The highest BCUT2D eigenvalue weighted by molar-refractivity contribution is 6.25. The first-order chi connectivity index (χ1) is 18.9. The molecule has 2 aromatic carbocycles. The van der Waals surface area contributed by atoms with E-state index >= 15 is 0 Å². The number of hydrogen-bond donors (Lipinski definition) is 1. The fraction of sp³-hybridized carbons (Fsp3) is 0.267. The van der Waals surface area contributed by atoms with E-state index in [1.54, 1.807) is 24.4 Å². The highest BCUT2D eigenvalue weighted by atomic mass is 16.2. The van der Waals surface area contributed by atoms with Gasteiger partial charge in [-0.1, -0.05) is 36.4 Å². The van der Waals surface area contributed by atoms with Crippen molar-refractivity contribution in [1.29, 1.82) is 0 Å². The van der Waals surface area contributed by atoms with E-state index in [4.69, 9.17) is 0 Å². The normalized spacial score (nSPS) is 19.7. The molecule has 4 heterocycles. The van der Waals surface area contributed by atoms with Gasteiger partial charge in [-0.05, 0) is 60.1 Å². The third-order valence-corrected chi connectivity index (χ3v) is 7.89. The van der Waals surface area contributed by atoms with Gasteiger partial charge in [-0.3, -0.25) is 34.2 Å². The number of piperidine rings is 2. The van der Waals surface area contributed by atoms with Crippen molar-refractivity contribution in [1.82, 2.24) is 15.2 Å². The molecular weight excluding hydrogens is 496 g/mol. The first kappa shape index (κ1) is 24.7. The van der Waals surface area contributed by atoms with Crippen LogP contribution in [0.25, 0.3) is 11.1 Å². The fourth-order valence-electron chi connectivity index (χ4n) is 5.79. The maximum Gasteiger partial charge on any atom is 0.262 e. The first-order valence-electron chi connectivity index (χ1n) is 13.1. The molecule has 1 aromatic heterocycles. The summed E-state index contributed by atoms with van der Waals surface area (Å²) in [5.74, 6) is -0.776. The topological polar surface area (TPSA) is 117 Å². The Morgan fingerprint density at radius 1 is 0.846 bits per heavy atom. The van der Waals surface area contributed by atoms with Gasteiger partial charge in [-0.25, -0.2) is 4.98 Å². The van der Waals surface area contributed by atoms with Crippen LogP contribution in [-0.2, 0) is 9.59 Å². The van der Waals surface area contributed by atoms with Crippen LogP contribution in [0.4, 0.5) is 5.82 Å². The van der Waals surface area contributed by atoms with Gasteiger partial charge in [0.25, 0.3) is 11.8 Å². The minimum atomic E-state index is -0.991. The Balaban J connectivity index is 1.18. The molecule has 39 heavy (non-hydrogen) atoms. The van der Waals surface area contributed by atoms with Crippen LogP contribution in [0.1, 0.15) is 68.2 Å². The number of anilines is 1. The van der Waals surface area contributed by atoms with Crippen LogP contribution in [0, 0.1) is 0 Å². The van der Waals surface area contributed by atoms with Crippen LogP contribution in [0.3, 0.4) is 0 Å². The van der Waals surface area contributed by atoms with Crippen molar-refractivity contribution in [3.8, 4) is 11.1 Å². The second-order valence-corrected chi connectivity index (χ2v) is 10.1. The Hall–Kier alpha value is -4.66. The van der Waals surface area contributed by atoms with Gasteiger partial charge in [0.15, 0.2) is 6.29 Å². The number of amides is 4. The van der Waals surface area contributed by atoms with Gasteiger partial charge >= 0.3 is 0 Å². The molecule has 0 bridgehead atoms. The molecule has 1 unspecified atom stereocenters. The van der Waals surface area contributed by atoms with Crippen molar-refractivity contribution < 1.29 is 24.0 Å². The lowest BCUT2D eigenvalue weighted by atomic mass is 9.88. The third kappa shape index (κ3) is 4.39. The van der Waals surface area contributed by atoms with E-state index in [0.717, 1.165) is 48.5 Å². The number of carbonyl (C=O) groups excluding carboxylic acids is 5. The summed E-state index contributed by atoms with van der Waals surface area (Å²) < 4.78 is 0. The molecule has 2 saturated heterocycles. The van der Waals surface area contributed by atoms with Gasteiger partial charge in [0.05, 0.1) is 11.1 Å². The second kappa shape index (κ2) is 9.90. The van der Waals surface area contributed by atoms with Crippen LogP contribution >= 0.6 is 0 Å². The quantitative estimate of drug-likeness (QED) is 0.403. The van der Waals surface area contributed by atoms with Crippen LogP contribution in [0.5, 0.6) is 0 Å². The van der Waals surface area contributed by atoms with Crippen molar-refractivity contribution >= 4 is 35.7 Å². The average Bonchev–Trinajstić information content (AvgIpc) is 3.23. The van der Waals surface area contributed by atoms with Crippen LogP contribution in [0.15, 0.2) is 60.8 Å². The van der Waals surface area contributed by atoms with E-state index in [9.17, 15) is 24.0 Å². The number of pyridine rings is 1. The summed E-state index contributed by atoms with van der Waals surface area (Å²) in [6.45, 7) is 1.72. The molecule has 2 fully saturated rings. The van der Waals surface area contributed by atoms with Gasteiger partial charge in [0.1, 0.15) is 11.9 Å². The summed E-state index contributed by atoms with van der Waals surface area (Å²) in [4.78, 5) is 69.1. The molecule has 6 rings (SSSR count). The van der Waals surface area contributed by atoms with Gasteiger partial charge < -0.3 is 4.90 Å². The van der Waals surface area contributed by atoms with E-state index in [2.05, 4.69) is 27.3 Å². The Kier molecular flexibility index (Phi) is 6.26. The van der Waals surface area contributed by atoms with Gasteiger partial charge in [0.2, 0.25) is 11.8 Å². The number of hydrogen-bond acceptors (Lipinski definition) is 7. The molecular formula is C30H26N4O5. The lowest BCUT2D eigenvalue weighted by Gasteiger charge is -2.33. The Labute approximate surface area is 224 Å². The van der Waals surface area contributed by atoms with Crippen LogP contribution in [-0.4, -0.2) is 58.9 Å². The van der Waals surface area contributed by atoms with Gasteiger partial charge in [0, 0.05) is 31.3 Å². The molecule has 0 saturated carbocycles. The van der Waals surface area contributed by atoms with E-state index in [1.807, 2.05) is 24.3 Å². The van der Waals surface area contributed by atoms with E-state index < -0.39 is 29.7 Å². The average molecular weight is 523 g/mol. The summed E-state index contributed by atoms with van der Waals surface area (Å²) in [5, 5.41) is 2.23. The van der Waals surface area contributed by atoms with Gasteiger partial charge in [-0.15, -0.1) is 0 Å². The van der Waals surface area contributed by atoms with E-state index in [0.29, 0.717) is 22.6 Å². The zero-order valence-electron chi connectivity index (χ0n) is 21.1. The predicted octanol–water partition coefficient (Wildman–Crippen LogP) is 3.35. The molecule has 0 spiro atoms. The number of fused-ring (bicyclic) bond motifs is 1. The Morgan fingerprint density at radius 3 is 2.26 bits per heavy atom. The smallest absolute Gasteiger partial charge is 0.262 e. The molecule has 196 valence electrons. The highest BCUT2D eigenvalue weighted by Gasteiger charge is 2.45. The molecule has 9 heteroatoms. The molecule has 0 radical (unpaired) electrons. The lowest BCUT2D eigenvalue weighted by Crippen LogP contribution is -2.54. The van der Waals surface area contributed by atoms with Crippen molar-refractivity contribution in [2.45, 2.75) is 37.6 Å². The number of nitrogens with zero attached hydrogens (tertiary/aromatic N) is 3. The molecule has 0 aliphatic carbocycles. The Morgan fingerprint density at radius 2 is 1.59 bits per heavy atom. The van der Waals surface area contributed by atoms with Crippen molar-refractivity contribution in [2.75, 3.05) is 18.0 Å². The van der Waals surface area contributed by atoms with Gasteiger partial charge in [-0.2, -0.15) is 0 Å². The van der Waals surface area contributed by atoms with Crippen LogP contribution in [0.2, 0.25) is 0 Å². The minimum absolute atomic E-state index is 0.0834. The standard InChI is InChI=1S/C30H26N4O5/c35-17-18-4-10-25(31-16-18)33-14-12-20(13-15-33)19-5-7-21(8-6-19)22-2-1-3-23-27(22)30(39)34(29(23)38)24-9-11-26(36)32-28(24)37/h1-8,10,16-17,20,24H,9,11-15H2,(H,32,36,37). The zero-order chi connectivity index (χ0) is 27.1. The molecule has 1 N–H and O–H groups in total. The molecule has 1 atom stereocenters. The predicted molar refractivity (Wildman–Crippen MR) is 142 cm³/mol. The summed E-state index contributed by atoms with van der Waals surface area (Å²) in [6, 6.07) is 15.9. The number of nitrogens with one attached hydrogen (secondary N) is 1. The number of rotatable bonds is 5. The van der Waals surface area contributed by atoms with Crippen LogP contribution < -0.4 is 10.2 Å². The van der Waals surface area contributed by atoms with E-state index in [-0.39, 0.29) is 18.4 Å². The monoisotopic (exact) mass is 522 g/mol. The number of benzene rings is 2. The number of carbonyl (C=O) groups is 5. The number of aromatic nitrogens is 1. The second-order valence-electron chi connectivity index (χ2n) is 10.1. The maximum atomic E-state index is 13.4.